The van der Waals surface area contributed by atoms with Crippen LogP contribution in [0, 0.1) is 0 Å². The highest BCUT2D eigenvalue weighted by Crippen LogP contribution is 2.28. The van der Waals surface area contributed by atoms with Crippen LogP contribution in [0.3, 0.4) is 0 Å². The van der Waals surface area contributed by atoms with Gasteiger partial charge in [0.15, 0.2) is 0 Å². The molecule has 0 N–H and O–H groups in total. The molecule has 13 heavy (non-hydrogen) atoms. The van der Waals surface area contributed by atoms with Crippen LogP contribution in [0.5, 0.6) is 0 Å². The summed E-state index contributed by atoms with van der Waals surface area (Å²) in [4.78, 5) is 1.21. The molecule has 72 valence electrons. The molecule has 0 aliphatic rings. The summed E-state index contributed by atoms with van der Waals surface area (Å²) in [7, 11) is 0. The maximum absolute atomic E-state index is 12.5. The molecule has 0 bridgehead atoms. The van der Waals surface area contributed by atoms with E-state index >= 15 is 0 Å². The predicted octanol–water partition coefficient (Wildman–Crippen LogP) is 3.94. The highest BCUT2D eigenvalue weighted by atomic mass is 127. The van der Waals surface area contributed by atoms with Crippen molar-refractivity contribution in [1.29, 1.82) is 0 Å². The van der Waals surface area contributed by atoms with Crippen molar-refractivity contribution in [2.75, 3.05) is 12.4 Å². The van der Waals surface area contributed by atoms with Crippen molar-refractivity contribution in [1.82, 2.24) is 0 Å². The molecule has 0 aliphatic carbocycles. The van der Waals surface area contributed by atoms with Gasteiger partial charge < -0.3 is 0 Å². The summed E-state index contributed by atoms with van der Waals surface area (Å²) in [5.74, 6) is 0.814. The van der Waals surface area contributed by atoms with E-state index in [0.717, 1.165) is 5.75 Å². The Balaban J connectivity index is 2.44. The first-order valence-corrected chi connectivity index (χ1v) is 6.13. The molecule has 1 atom stereocenters. The summed E-state index contributed by atoms with van der Waals surface area (Å²) < 4.78 is 12.2. The number of thioether (sulfide) groups is 1. The third-order valence-electron chi connectivity index (χ3n) is 1.56. The van der Waals surface area contributed by atoms with Crippen LogP contribution < -0.4 is 0 Å². The maximum atomic E-state index is 12.5. The Morgan fingerprint density at radius 1 is 1.38 bits per heavy atom. The van der Waals surface area contributed by atoms with Gasteiger partial charge in [0.1, 0.15) is 6.67 Å². The lowest BCUT2D eigenvalue weighted by Crippen LogP contribution is -2.21. The van der Waals surface area contributed by atoms with Crippen molar-refractivity contribution in [3.05, 3.63) is 30.3 Å². The fourth-order valence-corrected chi connectivity index (χ4v) is 2.15. The highest BCUT2D eigenvalue weighted by Gasteiger charge is 2.19. The minimum Gasteiger partial charge on any atom is -0.250 e. The van der Waals surface area contributed by atoms with E-state index in [2.05, 4.69) is 34.7 Å². The fraction of sp³-hybridized carbons (Fsp3) is 0.400. The summed E-state index contributed by atoms with van der Waals surface area (Å²) in [5, 5.41) is 0. The summed E-state index contributed by atoms with van der Waals surface area (Å²) in [5.41, 5.74) is 0. The van der Waals surface area contributed by atoms with Crippen LogP contribution in [0.15, 0.2) is 35.2 Å². The second-order valence-electron chi connectivity index (χ2n) is 3.15. The SMILES string of the molecule is CC(I)(CF)CSc1ccccc1. The number of alkyl halides is 2. The molecule has 0 saturated carbocycles. The van der Waals surface area contributed by atoms with Gasteiger partial charge in [-0.15, -0.1) is 11.8 Å². The van der Waals surface area contributed by atoms with Gasteiger partial charge in [-0.3, -0.25) is 0 Å². The minimum atomic E-state index is -0.270. The second kappa shape index (κ2) is 5.20. The Hall–Kier alpha value is 0.230. The van der Waals surface area contributed by atoms with Crippen LogP contribution in [0.4, 0.5) is 4.39 Å². The third-order valence-corrected chi connectivity index (χ3v) is 4.14. The fourth-order valence-electron chi connectivity index (χ4n) is 0.789. The topological polar surface area (TPSA) is 0 Å². The molecule has 0 saturated heterocycles. The van der Waals surface area contributed by atoms with E-state index in [4.69, 9.17) is 0 Å². The van der Waals surface area contributed by atoms with Crippen LogP contribution in [0.2, 0.25) is 0 Å². The molecule has 1 aromatic carbocycles. The van der Waals surface area contributed by atoms with Crippen LogP contribution in [0.1, 0.15) is 6.92 Å². The lowest BCUT2D eigenvalue weighted by molar-refractivity contribution is 0.447. The van der Waals surface area contributed by atoms with Gasteiger partial charge in [0.25, 0.3) is 0 Å². The van der Waals surface area contributed by atoms with Crippen molar-refractivity contribution >= 4 is 34.4 Å². The first kappa shape index (κ1) is 11.3. The number of halogens is 2. The van der Waals surface area contributed by atoms with Crippen molar-refractivity contribution in [3.63, 3.8) is 0 Å². The molecule has 0 nitrogen and oxygen atoms in total. The van der Waals surface area contributed by atoms with E-state index in [1.54, 1.807) is 11.8 Å². The van der Waals surface area contributed by atoms with Crippen LogP contribution in [-0.4, -0.2) is 15.8 Å². The van der Waals surface area contributed by atoms with E-state index in [9.17, 15) is 4.39 Å². The van der Waals surface area contributed by atoms with E-state index in [1.165, 1.54) is 4.90 Å². The van der Waals surface area contributed by atoms with Crippen LogP contribution in [-0.2, 0) is 0 Å². The van der Waals surface area contributed by atoms with Crippen molar-refractivity contribution < 1.29 is 4.39 Å². The highest BCUT2D eigenvalue weighted by molar-refractivity contribution is 14.1. The summed E-state index contributed by atoms with van der Waals surface area (Å²) in [6.45, 7) is 1.66. The van der Waals surface area contributed by atoms with Crippen molar-refractivity contribution in [2.45, 2.75) is 15.2 Å². The van der Waals surface area contributed by atoms with Gasteiger partial charge in [-0.05, 0) is 19.1 Å². The largest absolute Gasteiger partial charge is 0.250 e. The first-order valence-electron chi connectivity index (χ1n) is 4.07. The zero-order valence-electron chi connectivity index (χ0n) is 7.47. The molecule has 0 amide bonds. The van der Waals surface area contributed by atoms with Crippen molar-refractivity contribution in [2.24, 2.45) is 0 Å². The summed E-state index contributed by atoms with van der Waals surface area (Å²) >= 11 is 3.88. The number of hydrogen-bond acceptors (Lipinski definition) is 1. The zero-order chi connectivity index (χ0) is 9.73. The molecule has 0 aromatic heterocycles. The predicted molar refractivity (Wildman–Crippen MR) is 65.6 cm³/mol. The molecule has 0 fully saturated rings. The van der Waals surface area contributed by atoms with E-state index in [1.807, 2.05) is 25.1 Å². The standard InChI is InChI=1S/C10H12FIS/c1-10(12,7-11)8-13-9-5-3-2-4-6-9/h2-6H,7-8H2,1H3. The molecule has 0 spiro atoms. The van der Waals surface area contributed by atoms with Crippen LogP contribution >= 0.6 is 34.4 Å². The summed E-state index contributed by atoms with van der Waals surface area (Å²) in [6.07, 6.45) is 0. The lowest BCUT2D eigenvalue weighted by Gasteiger charge is -2.17. The molecule has 3 heteroatoms. The molecule has 0 heterocycles. The Bertz CT molecular complexity index is 248. The monoisotopic (exact) mass is 310 g/mol. The quantitative estimate of drug-likeness (QED) is 0.461. The lowest BCUT2D eigenvalue weighted by atomic mass is 10.2. The normalized spacial score (nSPS) is 15.3. The van der Waals surface area contributed by atoms with Gasteiger partial charge in [-0.2, -0.15) is 0 Å². The minimum absolute atomic E-state index is 0.238. The molecule has 0 radical (unpaired) electrons. The van der Waals surface area contributed by atoms with Gasteiger partial charge in [0.05, 0.1) is 3.42 Å². The Morgan fingerprint density at radius 3 is 2.54 bits per heavy atom. The van der Waals surface area contributed by atoms with Gasteiger partial charge in [-0.25, -0.2) is 4.39 Å². The smallest absolute Gasteiger partial charge is 0.105 e. The van der Waals surface area contributed by atoms with E-state index < -0.39 is 0 Å². The molecular weight excluding hydrogens is 298 g/mol. The first-order chi connectivity index (χ1) is 6.14. The average molecular weight is 310 g/mol. The van der Waals surface area contributed by atoms with Gasteiger partial charge in [0, 0.05) is 10.6 Å². The number of hydrogen-bond donors (Lipinski definition) is 0. The Morgan fingerprint density at radius 2 is 2.00 bits per heavy atom. The van der Waals surface area contributed by atoms with E-state index in [0.29, 0.717) is 0 Å². The van der Waals surface area contributed by atoms with Crippen LogP contribution in [0.25, 0.3) is 0 Å². The molecule has 1 unspecified atom stereocenters. The zero-order valence-corrected chi connectivity index (χ0v) is 10.4. The molecule has 0 aliphatic heterocycles. The van der Waals surface area contributed by atoms with Crippen molar-refractivity contribution in [3.8, 4) is 0 Å². The number of benzene rings is 1. The van der Waals surface area contributed by atoms with Gasteiger partial charge in [-0.1, -0.05) is 40.8 Å². The number of rotatable bonds is 4. The Kier molecular flexibility index (Phi) is 4.52. The maximum Gasteiger partial charge on any atom is 0.105 e. The summed E-state index contributed by atoms with van der Waals surface area (Å²) in [6, 6.07) is 10.1. The molecule has 1 rings (SSSR count). The second-order valence-corrected chi connectivity index (χ2v) is 6.80. The molecule has 1 aromatic rings. The molecular formula is C10H12FIS. The Labute approximate surface area is 96.4 Å². The van der Waals surface area contributed by atoms with Gasteiger partial charge in [0.2, 0.25) is 0 Å². The van der Waals surface area contributed by atoms with E-state index in [-0.39, 0.29) is 10.1 Å². The third kappa shape index (κ3) is 4.31. The van der Waals surface area contributed by atoms with Gasteiger partial charge >= 0.3 is 0 Å². The average Bonchev–Trinajstić information content (AvgIpc) is 2.17.